The number of likely N-dealkylation sites (N-methyl/N-ethyl adjacent to an activating group) is 1. The molecule has 5 heterocycles. The van der Waals surface area contributed by atoms with Crippen molar-refractivity contribution in [1.82, 2.24) is 24.8 Å². The number of anilines is 1. The maximum Gasteiger partial charge on any atom is 0.334 e. The van der Waals surface area contributed by atoms with Gasteiger partial charge in [-0.1, -0.05) is 41.9 Å². The predicted octanol–water partition coefficient (Wildman–Crippen LogP) is 4.81. The Balaban J connectivity index is 1.28. The number of halogens is 3. The average molecular weight is 687 g/mol. The Bertz CT molecular complexity index is 1930. The second-order valence-corrected chi connectivity index (χ2v) is 14.8. The molecule has 7 rings (SSSR count). The Kier molecular flexibility index (Phi) is 8.33. The first kappa shape index (κ1) is 32.1. The summed E-state index contributed by atoms with van der Waals surface area (Å²) in [5, 5.41) is 2.25. The van der Waals surface area contributed by atoms with Gasteiger partial charge in [0.25, 0.3) is 0 Å². The van der Waals surface area contributed by atoms with Crippen LogP contribution in [0, 0.1) is 5.82 Å². The van der Waals surface area contributed by atoms with E-state index in [4.69, 9.17) is 21.3 Å². The Hall–Kier alpha value is -3.48. The Morgan fingerprint density at radius 3 is 2.77 bits per heavy atom. The monoisotopic (exact) mass is 686 g/mol. The van der Waals surface area contributed by atoms with Crippen molar-refractivity contribution in [1.29, 1.82) is 0 Å². The molecular formula is C32H34ClF2N6O5P. The number of ether oxygens (including phenoxy) is 1. The van der Waals surface area contributed by atoms with Gasteiger partial charge in [0.1, 0.15) is 36.0 Å². The summed E-state index contributed by atoms with van der Waals surface area (Å²) in [6.45, 7) is 1.77. The molecule has 3 saturated heterocycles. The summed E-state index contributed by atoms with van der Waals surface area (Å²) in [6, 6.07) is 10.5. The number of fused-ring (bicyclic) bond motifs is 3. The van der Waals surface area contributed by atoms with Crippen molar-refractivity contribution >= 4 is 52.6 Å². The number of pyridine rings is 1. The van der Waals surface area contributed by atoms with Crippen molar-refractivity contribution in [2.24, 2.45) is 0 Å². The van der Waals surface area contributed by atoms with E-state index in [1.165, 1.54) is 11.1 Å². The number of alkyl halides is 1. The second-order valence-electron chi connectivity index (χ2n) is 12.7. The number of carbonyl (C=O) groups excluding carboxylic acids is 1. The maximum absolute atomic E-state index is 16.7. The molecule has 0 spiro atoms. The zero-order valence-corrected chi connectivity index (χ0v) is 27.3. The molecule has 0 aliphatic carbocycles. The summed E-state index contributed by atoms with van der Waals surface area (Å²) in [5.74, 6) is -1.00. The van der Waals surface area contributed by atoms with E-state index in [-0.39, 0.29) is 36.4 Å². The van der Waals surface area contributed by atoms with Gasteiger partial charge in [0.2, 0.25) is 5.91 Å². The molecule has 0 radical (unpaired) electrons. The molecule has 3 atom stereocenters. The molecule has 15 heteroatoms. The first-order valence-electron chi connectivity index (χ1n) is 15.5. The molecule has 47 heavy (non-hydrogen) atoms. The van der Waals surface area contributed by atoms with E-state index >= 15 is 4.39 Å². The summed E-state index contributed by atoms with van der Waals surface area (Å²) < 4.78 is 48.8. The molecule has 2 aromatic carbocycles. The van der Waals surface area contributed by atoms with Gasteiger partial charge in [0.15, 0.2) is 5.82 Å². The third kappa shape index (κ3) is 6.04. The van der Waals surface area contributed by atoms with Crippen molar-refractivity contribution in [3.8, 4) is 17.3 Å². The van der Waals surface area contributed by atoms with Crippen molar-refractivity contribution in [2.75, 3.05) is 50.9 Å². The molecule has 0 saturated carbocycles. The van der Waals surface area contributed by atoms with Gasteiger partial charge in [-0.3, -0.25) is 19.2 Å². The minimum atomic E-state index is -4.53. The number of hydrogen-bond donors (Lipinski definition) is 2. The minimum absolute atomic E-state index is 0.0195. The predicted molar refractivity (Wildman–Crippen MR) is 174 cm³/mol. The van der Waals surface area contributed by atoms with Gasteiger partial charge in [-0.15, -0.1) is 0 Å². The highest BCUT2D eigenvalue weighted by atomic mass is 35.5. The Morgan fingerprint density at radius 2 is 1.98 bits per heavy atom. The van der Waals surface area contributed by atoms with Gasteiger partial charge in [0, 0.05) is 61.3 Å². The fourth-order valence-electron chi connectivity index (χ4n) is 7.42. The lowest BCUT2D eigenvalue weighted by Gasteiger charge is -2.31. The molecule has 2 N–H and O–H groups in total. The topological polar surface area (TPSA) is 132 Å². The van der Waals surface area contributed by atoms with Crippen molar-refractivity contribution < 1.29 is 32.7 Å². The van der Waals surface area contributed by atoms with E-state index in [2.05, 4.69) is 14.9 Å². The molecule has 11 nitrogen and oxygen atoms in total. The van der Waals surface area contributed by atoms with Crippen LogP contribution < -0.4 is 9.64 Å². The standard InChI is InChI=1S/C32H34ClF2N6O5P/c1-39(21-9-12-40(16-21)25(42)17-47(43,44)45)30-23-14-36-28(22-7-2-5-19-6-3-8-24(33)26(19)22)27(35)29(23)37-31(38-30)46-18-32-10-4-11-41(32)15-20(34)13-32/h2-3,5-8,14,20-21H,4,9-13,15-18H2,1H3,(H2,43,44,45)/t20-,21-,32+/m1/s1. The number of aromatic nitrogens is 3. The van der Waals surface area contributed by atoms with Gasteiger partial charge >= 0.3 is 13.6 Å². The van der Waals surface area contributed by atoms with Crippen molar-refractivity contribution in [3.63, 3.8) is 0 Å². The van der Waals surface area contributed by atoms with Crippen LogP contribution >= 0.6 is 19.2 Å². The molecule has 4 aromatic rings. The van der Waals surface area contributed by atoms with Gasteiger partial charge in [-0.05, 0) is 37.3 Å². The maximum atomic E-state index is 16.7. The lowest BCUT2D eigenvalue weighted by atomic mass is 9.95. The molecule has 0 unspecified atom stereocenters. The first-order valence-corrected chi connectivity index (χ1v) is 17.7. The van der Waals surface area contributed by atoms with E-state index in [1.54, 1.807) is 30.1 Å². The van der Waals surface area contributed by atoms with Gasteiger partial charge in [-0.2, -0.15) is 9.97 Å². The van der Waals surface area contributed by atoms with E-state index in [0.717, 1.165) is 24.8 Å². The number of amides is 1. The lowest BCUT2D eigenvalue weighted by Crippen LogP contribution is -2.43. The highest BCUT2D eigenvalue weighted by Crippen LogP contribution is 2.42. The van der Waals surface area contributed by atoms with E-state index in [1.807, 2.05) is 18.2 Å². The van der Waals surface area contributed by atoms with E-state index in [0.29, 0.717) is 53.1 Å². The zero-order chi connectivity index (χ0) is 33.1. The van der Waals surface area contributed by atoms with Gasteiger partial charge < -0.3 is 24.3 Å². The highest BCUT2D eigenvalue weighted by molar-refractivity contribution is 7.52. The fraction of sp³-hybridized carbons (Fsp3) is 0.438. The van der Waals surface area contributed by atoms with Gasteiger partial charge in [-0.25, -0.2) is 8.78 Å². The fourth-order valence-corrected chi connectivity index (χ4v) is 8.25. The Morgan fingerprint density at radius 1 is 1.19 bits per heavy atom. The molecular weight excluding hydrogens is 653 g/mol. The summed E-state index contributed by atoms with van der Waals surface area (Å²) >= 11 is 6.57. The van der Waals surface area contributed by atoms with Crippen LogP contribution in [0.5, 0.6) is 6.01 Å². The molecule has 1 amide bonds. The van der Waals surface area contributed by atoms with Gasteiger partial charge in [0.05, 0.1) is 10.9 Å². The van der Waals surface area contributed by atoms with Crippen LogP contribution in [0.4, 0.5) is 14.6 Å². The lowest BCUT2D eigenvalue weighted by molar-refractivity contribution is -0.127. The molecule has 3 aliphatic rings. The van der Waals surface area contributed by atoms with Crippen LogP contribution in [-0.2, 0) is 9.36 Å². The van der Waals surface area contributed by atoms with Crippen LogP contribution in [0.15, 0.2) is 42.6 Å². The number of benzene rings is 2. The third-order valence-corrected chi connectivity index (χ3v) is 10.7. The highest BCUT2D eigenvalue weighted by Gasteiger charge is 2.49. The number of likely N-dealkylation sites (tertiary alicyclic amines) is 1. The average Bonchev–Trinajstić information content (AvgIpc) is 3.74. The van der Waals surface area contributed by atoms with E-state index in [9.17, 15) is 23.5 Å². The van der Waals surface area contributed by atoms with E-state index < -0.39 is 37.2 Å². The van der Waals surface area contributed by atoms with Crippen molar-refractivity contribution in [2.45, 2.75) is 43.4 Å². The quantitative estimate of drug-likeness (QED) is 0.249. The summed E-state index contributed by atoms with van der Waals surface area (Å²) in [7, 11) is -2.77. The summed E-state index contributed by atoms with van der Waals surface area (Å²) in [4.78, 5) is 50.2. The number of hydrogen-bond acceptors (Lipinski definition) is 8. The van der Waals surface area contributed by atoms with Crippen molar-refractivity contribution in [3.05, 3.63) is 53.4 Å². The third-order valence-electron chi connectivity index (χ3n) is 9.72. The molecule has 3 aliphatic heterocycles. The molecule has 2 aromatic heterocycles. The SMILES string of the molecule is CN(c1nc(OC[C@@]23CCCN2C[C@H](F)C3)nc2c(F)c(-c3cccc4cccc(Cl)c34)ncc12)[C@@H]1CCN(C(=O)CP(=O)(O)O)C1. The minimum Gasteiger partial charge on any atom is -0.461 e. The van der Waals surface area contributed by atoms with Crippen LogP contribution in [0.3, 0.4) is 0 Å². The second kappa shape index (κ2) is 12.2. The summed E-state index contributed by atoms with van der Waals surface area (Å²) in [6.07, 6.45) is 2.23. The molecule has 0 bridgehead atoms. The summed E-state index contributed by atoms with van der Waals surface area (Å²) in [5.41, 5.74) is 0.0605. The van der Waals surface area contributed by atoms with Crippen LogP contribution in [0.2, 0.25) is 5.02 Å². The molecule has 248 valence electrons. The number of rotatable bonds is 8. The molecule has 3 fully saturated rings. The van der Waals surface area contributed by atoms with Crippen LogP contribution in [-0.4, -0.2) is 104 Å². The number of carbonyl (C=O) groups is 1. The normalized spacial score (nSPS) is 23.1. The van der Waals surface area contributed by atoms with Crippen LogP contribution in [0.1, 0.15) is 25.7 Å². The number of nitrogens with zero attached hydrogens (tertiary/aromatic N) is 6. The van der Waals surface area contributed by atoms with Crippen LogP contribution in [0.25, 0.3) is 32.9 Å². The zero-order valence-electron chi connectivity index (χ0n) is 25.7. The largest absolute Gasteiger partial charge is 0.461 e. The smallest absolute Gasteiger partial charge is 0.334 e. The first-order chi connectivity index (χ1) is 22.4. The Labute approximate surface area is 274 Å².